The Morgan fingerprint density at radius 1 is 1.14 bits per heavy atom. The van der Waals surface area contributed by atoms with Crippen LogP contribution in [0.4, 0.5) is 0 Å². The largest absolute Gasteiger partial charge is 0.316 e. The van der Waals surface area contributed by atoms with Crippen LogP contribution in [0.2, 0.25) is 0 Å². The fourth-order valence-corrected chi connectivity index (χ4v) is 4.95. The van der Waals surface area contributed by atoms with Gasteiger partial charge >= 0.3 is 0 Å². The quantitative estimate of drug-likeness (QED) is 0.924. The van der Waals surface area contributed by atoms with E-state index >= 15 is 0 Å². The highest BCUT2D eigenvalue weighted by atomic mass is 35.5. The second-order valence-corrected chi connectivity index (χ2v) is 7.60. The van der Waals surface area contributed by atoms with Gasteiger partial charge in [-0.15, -0.1) is 12.4 Å². The van der Waals surface area contributed by atoms with Crippen LogP contribution in [0.3, 0.4) is 0 Å². The molecule has 0 saturated carbocycles. The van der Waals surface area contributed by atoms with E-state index in [4.69, 9.17) is 0 Å². The highest BCUT2D eigenvalue weighted by molar-refractivity contribution is 7.89. The highest BCUT2D eigenvalue weighted by Gasteiger charge is 2.34. The van der Waals surface area contributed by atoms with E-state index in [1.165, 1.54) is 0 Å². The zero-order chi connectivity index (χ0) is 15.1. The van der Waals surface area contributed by atoms with Crippen molar-refractivity contribution in [2.24, 2.45) is 0 Å². The van der Waals surface area contributed by atoms with Crippen molar-refractivity contribution >= 4 is 22.4 Å². The maximum absolute atomic E-state index is 12.9. The van der Waals surface area contributed by atoms with E-state index in [0.29, 0.717) is 18.0 Å². The molecule has 0 spiro atoms. The van der Waals surface area contributed by atoms with Crippen LogP contribution in [0.5, 0.6) is 0 Å². The number of rotatable bonds is 3. The predicted molar refractivity (Wildman–Crippen MR) is 88.9 cm³/mol. The molecule has 0 aliphatic carbocycles. The first-order valence-corrected chi connectivity index (χ1v) is 8.48. The van der Waals surface area contributed by atoms with Crippen LogP contribution < -0.4 is 5.32 Å². The molecule has 0 aromatic heterocycles. The minimum Gasteiger partial charge on any atom is -0.316 e. The molecule has 1 saturated heterocycles. The maximum Gasteiger partial charge on any atom is 0.243 e. The number of likely N-dealkylation sites (N-methyl/N-ethyl adjacent to an activating group) is 1. The summed E-state index contributed by atoms with van der Waals surface area (Å²) in [7, 11) is -1.51. The fraction of sp³-hybridized carbons (Fsp3) is 0.600. The Balaban J connectivity index is 0.00000220. The maximum atomic E-state index is 12.9. The van der Waals surface area contributed by atoms with Crippen molar-refractivity contribution in [3.63, 3.8) is 0 Å². The lowest BCUT2D eigenvalue weighted by Crippen LogP contribution is -2.34. The molecule has 0 bridgehead atoms. The van der Waals surface area contributed by atoms with Gasteiger partial charge in [0.25, 0.3) is 0 Å². The van der Waals surface area contributed by atoms with Crippen LogP contribution in [-0.2, 0) is 10.0 Å². The Kier molecular flexibility index (Phi) is 5.83. The molecule has 120 valence electrons. The molecule has 0 radical (unpaired) electrons. The van der Waals surface area contributed by atoms with E-state index in [9.17, 15) is 8.42 Å². The number of halogens is 1. The monoisotopic (exact) mass is 332 g/mol. The summed E-state index contributed by atoms with van der Waals surface area (Å²) in [6.45, 7) is 8.91. The number of nitrogens with zero attached hydrogens (tertiary/aromatic N) is 1. The highest BCUT2D eigenvalue weighted by Crippen LogP contribution is 2.30. The van der Waals surface area contributed by atoms with Crippen molar-refractivity contribution < 1.29 is 8.42 Å². The molecule has 6 heteroatoms. The van der Waals surface area contributed by atoms with Gasteiger partial charge in [-0.2, -0.15) is 4.31 Å². The number of nitrogens with one attached hydrogen (secondary N) is 1. The van der Waals surface area contributed by atoms with Gasteiger partial charge in [-0.05, 0) is 63.4 Å². The van der Waals surface area contributed by atoms with Gasteiger partial charge in [0.05, 0.1) is 4.90 Å². The molecule has 1 fully saturated rings. The van der Waals surface area contributed by atoms with Crippen LogP contribution in [-0.4, -0.2) is 38.9 Å². The third-order valence-corrected chi connectivity index (χ3v) is 6.59. The Labute approximate surface area is 134 Å². The molecule has 1 aliphatic heterocycles. The van der Waals surface area contributed by atoms with Gasteiger partial charge in [-0.3, -0.25) is 0 Å². The van der Waals surface area contributed by atoms with Crippen molar-refractivity contribution in [2.75, 3.05) is 20.1 Å². The van der Waals surface area contributed by atoms with Crippen molar-refractivity contribution in [1.82, 2.24) is 9.62 Å². The minimum atomic E-state index is -3.39. The van der Waals surface area contributed by atoms with Crippen molar-refractivity contribution in [2.45, 2.75) is 45.1 Å². The molecule has 21 heavy (non-hydrogen) atoms. The lowest BCUT2D eigenvalue weighted by molar-refractivity contribution is 0.463. The summed E-state index contributed by atoms with van der Waals surface area (Å²) in [5, 5.41) is 3.16. The summed E-state index contributed by atoms with van der Waals surface area (Å²) in [5.74, 6) is 0. The summed E-state index contributed by atoms with van der Waals surface area (Å²) in [6.07, 6.45) is 0.874. The van der Waals surface area contributed by atoms with Crippen molar-refractivity contribution in [3.8, 4) is 0 Å². The Morgan fingerprint density at radius 2 is 1.67 bits per heavy atom. The summed E-state index contributed by atoms with van der Waals surface area (Å²) in [4.78, 5) is 0.506. The molecule has 1 aromatic rings. The van der Waals surface area contributed by atoms with E-state index in [0.717, 1.165) is 28.7 Å². The zero-order valence-corrected chi connectivity index (χ0v) is 15.0. The number of hydrogen-bond donors (Lipinski definition) is 1. The molecule has 1 N–H and O–H groups in total. The fourth-order valence-electron chi connectivity index (χ4n) is 2.88. The summed E-state index contributed by atoms with van der Waals surface area (Å²) < 4.78 is 27.5. The van der Waals surface area contributed by atoms with E-state index < -0.39 is 10.0 Å². The van der Waals surface area contributed by atoms with E-state index in [1.54, 1.807) is 4.31 Å². The van der Waals surface area contributed by atoms with Crippen LogP contribution in [0.25, 0.3) is 0 Å². The van der Waals surface area contributed by atoms with Gasteiger partial charge in [0, 0.05) is 19.1 Å². The van der Waals surface area contributed by atoms with Gasteiger partial charge in [-0.25, -0.2) is 8.42 Å². The lowest BCUT2D eigenvalue weighted by Gasteiger charge is -2.21. The van der Waals surface area contributed by atoms with Gasteiger partial charge in [0.1, 0.15) is 0 Å². The van der Waals surface area contributed by atoms with Gasteiger partial charge in [0.2, 0.25) is 10.0 Å². The molecule has 4 nitrogen and oxygen atoms in total. The molecule has 0 amide bonds. The summed E-state index contributed by atoms with van der Waals surface area (Å²) in [5.41, 5.74) is 3.83. The summed E-state index contributed by atoms with van der Waals surface area (Å²) >= 11 is 0. The molecule has 1 aromatic carbocycles. The molecule has 2 rings (SSSR count). The molecule has 1 aliphatic rings. The van der Waals surface area contributed by atoms with E-state index in [1.807, 2.05) is 34.7 Å². The average molecular weight is 333 g/mol. The first-order chi connectivity index (χ1) is 9.28. The third-order valence-electron chi connectivity index (χ3n) is 4.45. The number of benzene rings is 1. The van der Waals surface area contributed by atoms with Crippen LogP contribution >= 0.6 is 12.4 Å². The number of hydrogen-bond acceptors (Lipinski definition) is 3. The molecular weight excluding hydrogens is 308 g/mol. The smallest absolute Gasteiger partial charge is 0.243 e. The third kappa shape index (κ3) is 3.26. The van der Waals surface area contributed by atoms with Gasteiger partial charge < -0.3 is 5.32 Å². The number of sulfonamides is 1. The Morgan fingerprint density at radius 3 is 2.10 bits per heavy atom. The van der Waals surface area contributed by atoms with Crippen LogP contribution in [0, 0.1) is 27.7 Å². The molecule has 1 unspecified atom stereocenters. The van der Waals surface area contributed by atoms with E-state index in [-0.39, 0.29) is 18.4 Å². The first kappa shape index (κ1) is 18.4. The first-order valence-electron chi connectivity index (χ1n) is 7.04. The SMILES string of the molecule is CNC1CCN(S(=O)(=O)c2c(C)c(C)cc(C)c2C)C1.Cl. The van der Waals surface area contributed by atoms with E-state index in [2.05, 4.69) is 11.4 Å². The molecule has 1 atom stereocenters. The topological polar surface area (TPSA) is 49.4 Å². The van der Waals surface area contributed by atoms with Crippen molar-refractivity contribution in [3.05, 3.63) is 28.3 Å². The van der Waals surface area contributed by atoms with Crippen LogP contribution in [0.1, 0.15) is 28.7 Å². The second-order valence-electron chi connectivity index (χ2n) is 5.73. The van der Waals surface area contributed by atoms with Gasteiger partial charge in [-0.1, -0.05) is 6.07 Å². The Bertz CT molecular complexity index is 603. The number of aryl methyl sites for hydroxylation is 2. The molecular formula is C15H25ClN2O2S. The predicted octanol–water partition coefficient (Wildman–Crippen LogP) is 2.32. The molecule has 1 heterocycles. The standard InChI is InChI=1S/C15H24N2O2S.ClH/c1-10-8-11(2)13(4)15(12(10)3)20(18,19)17-7-6-14(9-17)16-5;/h8,14,16H,6-7,9H2,1-5H3;1H. The summed E-state index contributed by atoms with van der Waals surface area (Å²) in [6, 6.07) is 2.32. The second kappa shape index (κ2) is 6.65. The average Bonchev–Trinajstić information content (AvgIpc) is 2.86. The zero-order valence-electron chi connectivity index (χ0n) is 13.4. The normalized spacial score (nSPS) is 19.6. The van der Waals surface area contributed by atoms with Crippen molar-refractivity contribution in [1.29, 1.82) is 0 Å². The lowest BCUT2D eigenvalue weighted by atomic mass is 10.0. The van der Waals surface area contributed by atoms with Crippen LogP contribution in [0.15, 0.2) is 11.0 Å². The Hall–Kier alpha value is -0.620. The van der Waals surface area contributed by atoms with Gasteiger partial charge in [0.15, 0.2) is 0 Å². The minimum absolute atomic E-state index is 0.